The fraction of sp³-hybridized carbons (Fsp3) is 0.276. The standard InChI is InChI=1S/C29H27F3N2O3/c1-18-16-34(17-19(2)36-18)22-11-7-21(8-12-22)26-15-33-27-24(5-4-6-25(27)28(26)35-3)20-9-13-23(14-10-20)37-29(30,31)32/h4-15,18-19H,16-17H2,1-3H3/t18-,19+. The molecule has 5 rings (SSSR count). The summed E-state index contributed by atoms with van der Waals surface area (Å²) < 4.78 is 53.3. The summed E-state index contributed by atoms with van der Waals surface area (Å²) in [7, 11) is 1.62. The highest BCUT2D eigenvalue weighted by Crippen LogP contribution is 2.39. The van der Waals surface area contributed by atoms with Gasteiger partial charge in [0.15, 0.2) is 0 Å². The molecule has 8 heteroatoms. The molecule has 5 nitrogen and oxygen atoms in total. The number of morpholine rings is 1. The first-order valence-corrected chi connectivity index (χ1v) is 12.0. The van der Waals surface area contributed by atoms with E-state index in [4.69, 9.17) is 14.5 Å². The summed E-state index contributed by atoms with van der Waals surface area (Å²) in [5.41, 5.74) is 5.17. The van der Waals surface area contributed by atoms with Gasteiger partial charge in [-0.15, -0.1) is 13.2 Å². The molecule has 1 saturated heterocycles. The van der Waals surface area contributed by atoms with Crippen molar-refractivity contribution in [3.05, 3.63) is 72.9 Å². The number of nitrogens with zero attached hydrogens (tertiary/aromatic N) is 2. The SMILES string of the molecule is COc1c(-c2ccc(N3C[C@@H](C)O[C@@H](C)C3)cc2)cnc2c(-c3ccc(OC(F)(F)F)cc3)cccc12. The Morgan fingerprint density at radius 3 is 2.11 bits per heavy atom. The second kappa shape index (κ2) is 9.94. The van der Waals surface area contributed by atoms with Gasteiger partial charge in [-0.25, -0.2) is 0 Å². The van der Waals surface area contributed by atoms with Crippen LogP contribution < -0.4 is 14.4 Å². The van der Waals surface area contributed by atoms with Gasteiger partial charge in [0.2, 0.25) is 0 Å². The Labute approximate surface area is 213 Å². The quantitative estimate of drug-likeness (QED) is 0.288. The number of hydrogen-bond donors (Lipinski definition) is 0. The lowest BCUT2D eigenvalue weighted by molar-refractivity contribution is -0.274. The maximum absolute atomic E-state index is 12.5. The summed E-state index contributed by atoms with van der Waals surface area (Å²) in [4.78, 5) is 7.07. The van der Waals surface area contributed by atoms with Crippen molar-refractivity contribution in [1.82, 2.24) is 4.98 Å². The van der Waals surface area contributed by atoms with E-state index in [-0.39, 0.29) is 18.0 Å². The predicted molar refractivity (Wildman–Crippen MR) is 138 cm³/mol. The highest BCUT2D eigenvalue weighted by Gasteiger charge is 2.31. The molecule has 0 N–H and O–H groups in total. The minimum atomic E-state index is -4.73. The van der Waals surface area contributed by atoms with E-state index in [9.17, 15) is 13.2 Å². The van der Waals surface area contributed by atoms with Crippen LogP contribution in [0.15, 0.2) is 72.9 Å². The summed E-state index contributed by atoms with van der Waals surface area (Å²) in [5.74, 6) is 0.416. The van der Waals surface area contributed by atoms with Crippen LogP contribution >= 0.6 is 0 Å². The number of pyridine rings is 1. The zero-order valence-electron chi connectivity index (χ0n) is 20.8. The average molecular weight is 509 g/mol. The van der Waals surface area contributed by atoms with Crippen molar-refractivity contribution >= 4 is 16.6 Å². The lowest BCUT2D eigenvalue weighted by Gasteiger charge is -2.36. The first-order chi connectivity index (χ1) is 17.7. The van der Waals surface area contributed by atoms with Crippen LogP contribution in [0.5, 0.6) is 11.5 Å². The van der Waals surface area contributed by atoms with E-state index in [1.165, 1.54) is 12.1 Å². The lowest BCUT2D eigenvalue weighted by atomic mass is 9.98. The van der Waals surface area contributed by atoms with Gasteiger partial charge in [-0.2, -0.15) is 0 Å². The molecule has 2 atom stereocenters. The molecule has 37 heavy (non-hydrogen) atoms. The van der Waals surface area contributed by atoms with E-state index in [0.717, 1.165) is 46.4 Å². The van der Waals surface area contributed by atoms with Gasteiger partial charge < -0.3 is 19.1 Å². The number of halogens is 3. The highest BCUT2D eigenvalue weighted by molar-refractivity contribution is 6.00. The molecular weight excluding hydrogens is 481 g/mol. The molecule has 0 amide bonds. The van der Waals surface area contributed by atoms with Crippen molar-refractivity contribution in [2.24, 2.45) is 0 Å². The number of alkyl halides is 3. The second-order valence-corrected chi connectivity index (χ2v) is 9.19. The third-order valence-electron chi connectivity index (χ3n) is 6.41. The van der Waals surface area contributed by atoms with Gasteiger partial charge in [0.05, 0.1) is 24.8 Å². The number of fused-ring (bicyclic) bond motifs is 1. The molecule has 0 radical (unpaired) electrons. The van der Waals surface area contributed by atoms with E-state index in [1.807, 2.05) is 18.2 Å². The number of hydrogen-bond acceptors (Lipinski definition) is 5. The van der Waals surface area contributed by atoms with Crippen LogP contribution in [0.3, 0.4) is 0 Å². The van der Waals surface area contributed by atoms with E-state index < -0.39 is 6.36 Å². The molecule has 1 aliphatic rings. The first kappa shape index (κ1) is 24.9. The minimum absolute atomic E-state index is 0.177. The lowest BCUT2D eigenvalue weighted by Crippen LogP contribution is -2.45. The second-order valence-electron chi connectivity index (χ2n) is 9.19. The first-order valence-electron chi connectivity index (χ1n) is 12.0. The van der Waals surface area contributed by atoms with Crippen LogP contribution in [0, 0.1) is 0 Å². The minimum Gasteiger partial charge on any atom is -0.495 e. The van der Waals surface area contributed by atoms with Crippen molar-refractivity contribution < 1.29 is 27.4 Å². The molecule has 0 spiro atoms. The number of ether oxygens (including phenoxy) is 3. The van der Waals surface area contributed by atoms with E-state index >= 15 is 0 Å². The van der Waals surface area contributed by atoms with Crippen molar-refractivity contribution in [3.63, 3.8) is 0 Å². The monoisotopic (exact) mass is 508 g/mol. The number of methoxy groups -OCH3 is 1. The molecule has 0 unspecified atom stereocenters. The summed E-state index contributed by atoms with van der Waals surface area (Å²) in [6, 6.07) is 19.8. The Hall–Kier alpha value is -3.78. The Morgan fingerprint density at radius 2 is 1.49 bits per heavy atom. The van der Waals surface area contributed by atoms with Gasteiger partial charge in [0.1, 0.15) is 11.5 Å². The van der Waals surface area contributed by atoms with E-state index in [2.05, 4.69) is 47.7 Å². The molecule has 0 bridgehead atoms. The van der Waals surface area contributed by atoms with E-state index in [1.54, 1.807) is 25.4 Å². The maximum atomic E-state index is 12.5. The zero-order chi connectivity index (χ0) is 26.2. The van der Waals surface area contributed by atoms with Gasteiger partial charge in [-0.3, -0.25) is 4.98 Å². The van der Waals surface area contributed by atoms with Crippen LogP contribution in [-0.2, 0) is 4.74 Å². The van der Waals surface area contributed by atoms with Crippen LogP contribution in [-0.4, -0.2) is 43.8 Å². The fourth-order valence-electron chi connectivity index (χ4n) is 4.93. The molecule has 0 saturated carbocycles. The van der Waals surface area contributed by atoms with E-state index in [0.29, 0.717) is 11.3 Å². The van der Waals surface area contributed by atoms with Gasteiger partial charge in [0.25, 0.3) is 0 Å². The molecule has 2 heterocycles. The largest absolute Gasteiger partial charge is 0.573 e. The normalized spacial score (nSPS) is 18.2. The molecule has 3 aromatic carbocycles. The summed E-state index contributed by atoms with van der Waals surface area (Å²) >= 11 is 0. The number of rotatable bonds is 5. The van der Waals surface area contributed by atoms with Crippen molar-refractivity contribution in [2.45, 2.75) is 32.4 Å². The molecule has 1 fully saturated rings. The van der Waals surface area contributed by atoms with Crippen molar-refractivity contribution in [1.29, 1.82) is 0 Å². The molecule has 4 aromatic rings. The Morgan fingerprint density at radius 1 is 0.865 bits per heavy atom. The van der Waals surface area contributed by atoms with Crippen LogP contribution in [0.25, 0.3) is 33.2 Å². The molecular formula is C29H27F3N2O3. The van der Waals surface area contributed by atoms with Crippen molar-refractivity contribution in [3.8, 4) is 33.8 Å². The fourth-order valence-corrected chi connectivity index (χ4v) is 4.93. The van der Waals surface area contributed by atoms with Gasteiger partial charge in [-0.1, -0.05) is 36.4 Å². The Kier molecular flexibility index (Phi) is 6.69. The summed E-state index contributed by atoms with van der Waals surface area (Å²) in [5, 5.41) is 0.813. The molecule has 0 aliphatic carbocycles. The molecule has 192 valence electrons. The third kappa shape index (κ3) is 5.34. The topological polar surface area (TPSA) is 43.8 Å². The number of para-hydroxylation sites is 1. The van der Waals surface area contributed by atoms with Crippen LogP contribution in [0.1, 0.15) is 13.8 Å². The molecule has 1 aromatic heterocycles. The highest BCUT2D eigenvalue weighted by atomic mass is 19.4. The van der Waals surface area contributed by atoms with Crippen molar-refractivity contribution in [2.75, 3.05) is 25.1 Å². The maximum Gasteiger partial charge on any atom is 0.573 e. The molecule has 1 aliphatic heterocycles. The Bertz CT molecular complexity index is 1380. The van der Waals surface area contributed by atoms with Crippen LogP contribution in [0.2, 0.25) is 0 Å². The number of anilines is 1. The number of benzene rings is 3. The average Bonchev–Trinajstić information content (AvgIpc) is 2.87. The predicted octanol–water partition coefficient (Wildman–Crippen LogP) is 7.09. The van der Waals surface area contributed by atoms with Gasteiger partial charge >= 0.3 is 6.36 Å². The number of aromatic nitrogens is 1. The summed E-state index contributed by atoms with van der Waals surface area (Å²) in [6.07, 6.45) is -2.60. The smallest absolute Gasteiger partial charge is 0.495 e. The summed E-state index contributed by atoms with van der Waals surface area (Å²) in [6.45, 7) is 5.86. The Balaban J connectivity index is 1.48. The van der Waals surface area contributed by atoms with Crippen LogP contribution in [0.4, 0.5) is 18.9 Å². The van der Waals surface area contributed by atoms with Gasteiger partial charge in [-0.05, 0) is 55.3 Å². The zero-order valence-corrected chi connectivity index (χ0v) is 20.8. The van der Waals surface area contributed by atoms with Gasteiger partial charge in [0, 0.05) is 41.5 Å². The third-order valence-corrected chi connectivity index (χ3v) is 6.41.